The van der Waals surface area contributed by atoms with Gasteiger partial charge >= 0.3 is 12.2 Å². The molecular weight excluding hydrogens is 375 g/mol. The van der Waals surface area contributed by atoms with Crippen LogP contribution in [0.1, 0.15) is 47.7 Å². The molecule has 0 spiro atoms. The summed E-state index contributed by atoms with van der Waals surface area (Å²) in [5.74, 6) is 0. The lowest BCUT2D eigenvalue weighted by molar-refractivity contribution is -0.143. The Labute approximate surface area is 160 Å². The molecule has 2 amide bonds. The van der Waals surface area contributed by atoms with Crippen molar-refractivity contribution >= 4 is 6.03 Å². The zero-order chi connectivity index (χ0) is 20.6. The number of aryl methyl sites for hydroxylation is 2. The van der Waals surface area contributed by atoms with Crippen LogP contribution in [0.25, 0.3) is 0 Å². The minimum Gasteiger partial charge on any atom is -0.335 e. The van der Waals surface area contributed by atoms with E-state index in [1.54, 1.807) is 25.5 Å². The number of nitrogens with zero attached hydrogens (tertiary/aromatic N) is 5. The fourth-order valence-electron chi connectivity index (χ4n) is 3.81. The van der Waals surface area contributed by atoms with E-state index in [0.717, 1.165) is 28.9 Å². The van der Waals surface area contributed by atoms with Crippen LogP contribution in [0.5, 0.6) is 0 Å². The normalized spacial score (nSPS) is 17.9. The molecule has 3 rings (SSSR count). The van der Waals surface area contributed by atoms with Crippen molar-refractivity contribution in [2.24, 2.45) is 7.05 Å². The molecule has 0 saturated carbocycles. The lowest BCUT2D eigenvalue weighted by atomic mass is 9.96. The number of amides is 2. The maximum absolute atomic E-state index is 12.7. The van der Waals surface area contributed by atoms with Crippen molar-refractivity contribution in [2.75, 3.05) is 0 Å². The quantitative estimate of drug-likeness (QED) is 0.824. The summed E-state index contributed by atoms with van der Waals surface area (Å²) in [6.45, 7) is 3.80. The molecule has 0 fully saturated rings. The summed E-state index contributed by atoms with van der Waals surface area (Å²) in [5, 5.41) is 17.8. The summed E-state index contributed by atoms with van der Waals surface area (Å²) in [5.41, 5.74) is 3.42. The molecule has 28 heavy (non-hydrogen) atoms. The Bertz CT molecular complexity index is 871. The summed E-state index contributed by atoms with van der Waals surface area (Å²) in [6.07, 6.45) is -2.19. The second-order valence-corrected chi connectivity index (χ2v) is 7.24. The van der Waals surface area contributed by atoms with Gasteiger partial charge in [0.15, 0.2) is 0 Å². The number of aromatic nitrogens is 5. The number of fused-ring (bicyclic) bond motifs is 1. The van der Waals surface area contributed by atoms with Crippen LogP contribution in [0.4, 0.5) is 18.0 Å². The van der Waals surface area contributed by atoms with Gasteiger partial charge in [0, 0.05) is 30.8 Å². The second kappa shape index (κ2) is 7.44. The molecule has 2 aromatic rings. The molecule has 2 aromatic heterocycles. The van der Waals surface area contributed by atoms with E-state index in [1.807, 2.05) is 7.05 Å². The molecule has 0 saturated heterocycles. The number of hydrogen-bond donors (Lipinski definition) is 2. The number of hydrogen-bond acceptors (Lipinski definition) is 4. The number of alkyl halides is 3. The molecule has 154 valence electrons. The van der Waals surface area contributed by atoms with E-state index in [-0.39, 0.29) is 12.1 Å². The van der Waals surface area contributed by atoms with Crippen LogP contribution < -0.4 is 10.6 Å². The van der Waals surface area contributed by atoms with E-state index in [4.69, 9.17) is 0 Å². The number of nitrogens with one attached hydrogen (secondary N) is 2. The minimum atomic E-state index is -4.35. The third-order valence-electron chi connectivity index (χ3n) is 5.08. The van der Waals surface area contributed by atoms with Crippen molar-refractivity contribution in [1.29, 1.82) is 0 Å². The van der Waals surface area contributed by atoms with Crippen molar-refractivity contribution in [3.8, 4) is 0 Å². The molecule has 2 atom stereocenters. The van der Waals surface area contributed by atoms with Gasteiger partial charge in [0.25, 0.3) is 0 Å². The van der Waals surface area contributed by atoms with Crippen LogP contribution in [-0.4, -0.2) is 43.0 Å². The van der Waals surface area contributed by atoms with Gasteiger partial charge in [-0.1, -0.05) is 5.21 Å². The van der Waals surface area contributed by atoms with Crippen molar-refractivity contribution in [3.63, 3.8) is 0 Å². The highest BCUT2D eigenvalue weighted by atomic mass is 19.4. The third kappa shape index (κ3) is 4.28. The van der Waals surface area contributed by atoms with Gasteiger partial charge in [0.1, 0.15) is 6.54 Å². The van der Waals surface area contributed by atoms with Gasteiger partial charge < -0.3 is 10.6 Å². The van der Waals surface area contributed by atoms with Crippen LogP contribution >= 0.6 is 0 Å². The van der Waals surface area contributed by atoms with Crippen LogP contribution in [0.3, 0.4) is 0 Å². The second-order valence-electron chi connectivity index (χ2n) is 7.24. The number of carbonyl (C=O) groups excluding carboxylic acids is 1. The standard InChI is InChI=1S/C17H24F3N7O/c1-9(15-10(2)24-27(11(15)3)8-17(18,19)20)21-16(28)22-12-5-6-14-13(7-12)23-25-26(14)4/h9,12H,5-8H2,1-4H3,(H2,21,22,28). The molecular formula is C17H24F3N7O. The Balaban J connectivity index is 1.62. The van der Waals surface area contributed by atoms with Gasteiger partial charge in [-0.3, -0.25) is 9.36 Å². The zero-order valence-electron chi connectivity index (χ0n) is 16.3. The number of rotatable bonds is 4. The van der Waals surface area contributed by atoms with Gasteiger partial charge in [-0.2, -0.15) is 18.3 Å². The Hall–Kier alpha value is -2.59. The Morgan fingerprint density at radius 2 is 2.07 bits per heavy atom. The van der Waals surface area contributed by atoms with E-state index in [0.29, 0.717) is 23.4 Å². The average Bonchev–Trinajstić information content (AvgIpc) is 3.05. The zero-order valence-corrected chi connectivity index (χ0v) is 16.3. The van der Waals surface area contributed by atoms with E-state index in [1.165, 1.54) is 0 Å². The van der Waals surface area contributed by atoms with Crippen molar-refractivity contribution in [2.45, 2.75) is 64.8 Å². The van der Waals surface area contributed by atoms with Crippen molar-refractivity contribution in [1.82, 2.24) is 35.4 Å². The minimum absolute atomic E-state index is 0.0634. The van der Waals surface area contributed by atoms with E-state index in [2.05, 4.69) is 26.0 Å². The average molecular weight is 399 g/mol. The molecule has 1 aliphatic rings. The molecule has 11 heteroatoms. The largest absolute Gasteiger partial charge is 0.408 e. The molecule has 0 bridgehead atoms. The molecule has 0 aromatic carbocycles. The Kier molecular flexibility index (Phi) is 5.35. The molecule has 0 radical (unpaired) electrons. The summed E-state index contributed by atoms with van der Waals surface area (Å²) in [6, 6.07) is -0.906. The van der Waals surface area contributed by atoms with Gasteiger partial charge in [0.05, 0.1) is 23.1 Å². The first kappa shape index (κ1) is 20.2. The first-order chi connectivity index (χ1) is 13.0. The molecule has 1 aliphatic carbocycles. The lowest BCUT2D eigenvalue weighted by Gasteiger charge is -2.24. The predicted molar refractivity (Wildman–Crippen MR) is 94.7 cm³/mol. The number of urea groups is 1. The van der Waals surface area contributed by atoms with Crippen LogP contribution in [0.2, 0.25) is 0 Å². The smallest absolute Gasteiger partial charge is 0.335 e. The Morgan fingerprint density at radius 1 is 1.36 bits per heavy atom. The molecule has 8 nitrogen and oxygen atoms in total. The predicted octanol–water partition coefficient (Wildman–Crippen LogP) is 2.11. The summed E-state index contributed by atoms with van der Waals surface area (Å²) >= 11 is 0. The van der Waals surface area contributed by atoms with E-state index in [9.17, 15) is 18.0 Å². The van der Waals surface area contributed by atoms with E-state index >= 15 is 0 Å². The first-order valence-corrected chi connectivity index (χ1v) is 9.10. The van der Waals surface area contributed by atoms with Crippen LogP contribution in [0.15, 0.2) is 0 Å². The topological polar surface area (TPSA) is 89.7 Å². The summed E-state index contributed by atoms with van der Waals surface area (Å²) < 4.78 is 40.7. The van der Waals surface area contributed by atoms with Gasteiger partial charge in [-0.05, 0) is 33.6 Å². The fourth-order valence-corrected chi connectivity index (χ4v) is 3.81. The number of halogens is 3. The lowest BCUT2D eigenvalue weighted by Crippen LogP contribution is -2.45. The molecule has 0 aliphatic heterocycles. The SMILES string of the molecule is Cc1nn(CC(F)(F)F)c(C)c1C(C)NC(=O)NC1CCc2c(nnn2C)C1. The summed E-state index contributed by atoms with van der Waals surface area (Å²) in [7, 11) is 1.84. The highest BCUT2D eigenvalue weighted by molar-refractivity contribution is 5.75. The number of carbonyl (C=O) groups is 1. The van der Waals surface area contributed by atoms with Gasteiger partial charge in [-0.25, -0.2) is 4.79 Å². The highest BCUT2D eigenvalue weighted by Gasteiger charge is 2.31. The highest BCUT2D eigenvalue weighted by Crippen LogP contribution is 2.25. The molecule has 2 heterocycles. The third-order valence-corrected chi connectivity index (χ3v) is 5.08. The van der Waals surface area contributed by atoms with Crippen LogP contribution in [-0.2, 0) is 26.4 Å². The summed E-state index contributed by atoms with van der Waals surface area (Å²) in [4.78, 5) is 12.4. The van der Waals surface area contributed by atoms with E-state index < -0.39 is 18.8 Å². The van der Waals surface area contributed by atoms with Crippen molar-refractivity contribution < 1.29 is 18.0 Å². The van der Waals surface area contributed by atoms with Gasteiger partial charge in [0.2, 0.25) is 0 Å². The van der Waals surface area contributed by atoms with Gasteiger partial charge in [-0.15, -0.1) is 5.10 Å². The maximum atomic E-state index is 12.7. The Morgan fingerprint density at radius 3 is 2.75 bits per heavy atom. The fraction of sp³-hybridized carbons (Fsp3) is 0.647. The monoisotopic (exact) mass is 399 g/mol. The first-order valence-electron chi connectivity index (χ1n) is 9.10. The maximum Gasteiger partial charge on any atom is 0.408 e. The molecule has 2 N–H and O–H groups in total. The molecule has 2 unspecified atom stereocenters. The van der Waals surface area contributed by atoms with Crippen LogP contribution in [0, 0.1) is 13.8 Å². The van der Waals surface area contributed by atoms with Crippen molar-refractivity contribution in [3.05, 3.63) is 28.3 Å².